The van der Waals surface area contributed by atoms with Crippen LogP contribution in [0.25, 0.3) is 0 Å². The highest BCUT2D eigenvalue weighted by molar-refractivity contribution is 5.29. The zero-order chi connectivity index (χ0) is 11.1. The Kier molecular flexibility index (Phi) is 5.48. The summed E-state index contributed by atoms with van der Waals surface area (Å²) in [4.78, 5) is 0. The molecular formula is C13H22O2. The van der Waals surface area contributed by atoms with Gasteiger partial charge in [-0.3, -0.25) is 0 Å². The van der Waals surface area contributed by atoms with Crippen molar-refractivity contribution in [2.75, 3.05) is 0 Å². The average molecular weight is 210 g/mol. The van der Waals surface area contributed by atoms with E-state index in [1.807, 2.05) is 6.08 Å². The van der Waals surface area contributed by atoms with Crippen molar-refractivity contribution in [3.05, 3.63) is 23.5 Å². The van der Waals surface area contributed by atoms with E-state index < -0.39 is 6.29 Å². The molecule has 1 N–H and O–H groups in total. The van der Waals surface area contributed by atoms with Crippen molar-refractivity contribution in [1.82, 2.24) is 0 Å². The third kappa shape index (κ3) is 3.71. The summed E-state index contributed by atoms with van der Waals surface area (Å²) in [6.45, 7) is 4.35. The minimum atomic E-state index is -0.701. The summed E-state index contributed by atoms with van der Waals surface area (Å²) >= 11 is 0. The summed E-state index contributed by atoms with van der Waals surface area (Å²) in [7, 11) is 0. The highest BCUT2D eigenvalue weighted by Crippen LogP contribution is 2.26. The summed E-state index contributed by atoms with van der Waals surface area (Å²) in [5.41, 5.74) is 2.37. The van der Waals surface area contributed by atoms with Crippen molar-refractivity contribution >= 4 is 0 Å². The number of rotatable bonds is 6. The molecule has 1 heterocycles. The van der Waals surface area contributed by atoms with Gasteiger partial charge in [0.1, 0.15) is 0 Å². The van der Waals surface area contributed by atoms with Crippen LogP contribution in [0.2, 0.25) is 0 Å². The lowest BCUT2D eigenvalue weighted by atomic mass is 9.96. The number of aliphatic hydroxyl groups excluding tert-OH is 1. The van der Waals surface area contributed by atoms with Gasteiger partial charge in [-0.15, -0.1) is 0 Å². The summed E-state index contributed by atoms with van der Waals surface area (Å²) in [6.07, 6.45) is 9.59. The second-order valence-corrected chi connectivity index (χ2v) is 4.05. The number of unbranched alkanes of at least 4 members (excludes halogenated alkanes) is 2. The van der Waals surface area contributed by atoms with Crippen molar-refractivity contribution in [3.63, 3.8) is 0 Å². The van der Waals surface area contributed by atoms with Crippen molar-refractivity contribution in [1.29, 1.82) is 0 Å². The van der Waals surface area contributed by atoms with Crippen LogP contribution in [0.3, 0.4) is 0 Å². The average Bonchev–Trinajstić information content (AvgIpc) is 2.25. The molecule has 1 unspecified atom stereocenters. The first-order valence-corrected chi connectivity index (χ1v) is 6.01. The van der Waals surface area contributed by atoms with E-state index >= 15 is 0 Å². The molecule has 1 aliphatic rings. The standard InChI is InChI=1S/C13H22O2/c1-3-5-7-11-9-10-15-13(14)12(11)8-6-4-2/h9-10,13-14H,3-8H2,1-2H3. The Morgan fingerprint density at radius 1 is 1.20 bits per heavy atom. The Morgan fingerprint density at radius 2 is 1.87 bits per heavy atom. The highest BCUT2D eigenvalue weighted by atomic mass is 16.6. The summed E-state index contributed by atoms with van der Waals surface area (Å²) in [6, 6.07) is 0. The smallest absolute Gasteiger partial charge is 0.219 e. The first-order valence-electron chi connectivity index (χ1n) is 6.01. The maximum atomic E-state index is 9.73. The van der Waals surface area contributed by atoms with Gasteiger partial charge in [0.25, 0.3) is 0 Å². The number of hydrogen-bond donors (Lipinski definition) is 1. The molecule has 2 nitrogen and oxygen atoms in total. The predicted octanol–water partition coefficient (Wildman–Crippen LogP) is 3.53. The van der Waals surface area contributed by atoms with Crippen LogP contribution >= 0.6 is 0 Å². The van der Waals surface area contributed by atoms with E-state index in [1.165, 1.54) is 18.4 Å². The lowest BCUT2D eigenvalue weighted by molar-refractivity contribution is -0.0268. The van der Waals surface area contributed by atoms with E-state index in [1.54, 1.807) is 6.26 Å². The topological polar surface area (TPSA) is 29.5 Å². The maximum absolute atomic E-state index is 9.73. The van der Waals surface area contributed by atoms with Gasteiger partial charge in [-0.2, -0.15) is 0 Å². The number of aliphatic hydroxyl groups is 1. The van der Waals surface area contributed by atoms with Gasteiger partial charge in [-0.25, -0.2) is 0 Å². The van der Waals surface area contributed by atoms with Gasteiger partial charge in [-0.05, 0) is 37.3 Å². The molecule has 0 spiro atoms. The van der Waals surface area contributed by atoms with Crippen molar-refractivity contribution in [3.8, 4) is 0 Å². The van der Waals surface area contributed by atoms with Crippen LogP contribution in [0.4, 0.5) is 0 Å². The molecule has 1 aliphatic heterocycles. The second kappa shape index (κ2) is 6.67. The molecule has 15 heavy (non-hydrogen) atoms. The molecule has 0 saturated heterocycles. The van der Waals surface area contributed by atoms with Crippen molar-refractivity contribution < 1.29 is 9.84 Å². The monoisotopic (exact) mass is 210 g/mol. The van der Waals surface area contributed by atoms with Crippen LogP contribution in [0, 0.1) is 0 Å². The quantitative estimate of drug-likeness (QED) is 0.726. The zero-order valence-electron chi connectivity index (χ0n) is 9.83. The molecule has 0 aromatic carbocycles. The Hall–Kier alpha value is -0.760. The minimum Gasteiger partial charge on any atom is -0.469 e. The van der Waals surface area contributed by atoms with Gasteiger partial charge in [-0.1, -0.05) is 26.7 Å². The fraction of sp³-hybridized carbons (Fsp3) is 0.692. The van der Waals surface area contributed by atoms with E-state index in [9.17, 15) is 5.11 Å². The largest absolute Gasteiger partial charge is 0.469 e. The van der Waals surface area contributed by atoms with E-state index in [4.69, 9.17) is 4.74 Å². The molecule has 1 rings (SSSR count). The molecule has 0 fully saturated rings. The normalized spacial score (nSPS) is 20.6. The van der Waals surface area contributed by atoms with Crippen LogP contribution in [-0.2, 0) is 4.74 Å². The number of hydrogen-bond acceptors (Lipinski definition) is 2. The molecule has 1 atom stereocenters. The molecule has 0 saturated carbocycles. The van der Waals surface area contributed by atoms with E-state index in [0.29, 0.717) is 0 Å². The van der Waals surface area contributed by atoms with Crippen LogP contribution in [0.15, 0.2) is 23.5 Å². The molecule has 0 bridgehead atoms. The molecule has 0 aromatic rings. The predicted molar refractivity (Wildman–Crippen MR) is 62.3 cm³/mol. The second-order valence-electron chi connectivity index (χ2n) is 4.05. The Morgan fingerprint density at radius 3 is 2.53 bits per heavy atom. The summed E-state index contributed by atoms with van der Waals surface area (Å²) in [5, 5.41) is 9.73. The van der Waals surface area contributed by atoms with Gasteiger partial charge in [0, 0.05) is 5.57 Å². The first-order chi connectivity index (χ1) is 7.29. The van der Waals surface area contributed by atoms with Gasteiger partial charge in [0.05, 0.1) is 6.26 Å². The Bertz CT molecular complexity index is 241. The molecular weight excluding hydrogens is 188 g/mol. The lowest BCUT2D eigenvalue weighted by Crippen LogP contribution is -2.17. The van der Waals surface area contributed by atoms with Gasteiger partial charge in [0.2, 0.25) is 6.29 Å². The lowest BCUT2D eigenvalue weighted by Gasteiger charge is -2.22. The molecule has 0 aromatic heterocycles. The zero-order valence-corrected chi connectivity index (χ0v) is 9.83. The summed E-state index contributed by atoms with van der Waals surface area (Å²) in [5.74, 6) is 0. The molecule has 0 aliphatic carbocycles. The van der Waals surface area contributed by atoms with E-state index in [2.05, 4.69) is 13.8 Å². The van der Waals surface area contributed by atoms with Crippen LogP contribution < -0.4 is 0 Å². The van der Waals surface area contributed by atoms with Crippen molar-refractivity contribution in [2.45, 2.75) is 58.7 Å². The molecule has 86 valence electrons. The molecule has 2 heteroatoms. The van der Waals surface area contributed by atoms with Gasteiger partial charge in [0.15, 0.2) is 0 Å². The Labute approximate surface area is 92.6 Å². The van der Waals surface area contributed by atoms with Crippen LogP contribution in [0.1, 0.15) is 52.4 Å². The fourth-order valence-electron chi connectivity index (χ4n) is 1.81. The van der Waals surface area contributed by atoms with E-state index in [-0.39, 0.29) is 0 Å². The van der Waals surface area contributed by atoms with Crippen molar-refractivity contribution in [2.24, 2.45) is 0 Å². The maximum Gasteiger partial charge on any atom is 0.219 e. The highest BCUT2D eigenvalue weighted by Gasteiger charge is 2.17. The Balaban J connectivity index is 2.65. The van der Waals surface area contributed by atoms with Gasteiger partial charge >= 0.3 is 0 Å². The SMILES string of the molecule is CCCCC1=C(CCCC)C(O)OC=C1. The van der Waals surface area contributed by atoms with E-state index in [0.717, 1.165) is 31.3 Å². The first kappa shape index (κ1) is 12.3. The number of allylic oxidation sites excluding steroid dienone is 2. The van der Waals surface area contributed by atoms with Crippen LogP contribution in [0.5, 0.6) is 0 Å². The minimum absolute atomic E-state index is 0.701. The summed E-state index contributed by atoms with van der Waals surface area (Å²) < 4.78 is 5.11. The molecule has 0 amide bonds. The molecule has 0 radical (unpaired) electrons. The van der Waals surface area contributed by atoms with Gasteiger partial charge < -0.3 is 9.84 Å². The third-order valence-electron chi connectivity index (χ3n) is 2.79. The van der Waals surface area contributed by atoms with Crippen LogP contribution in [-0.4, -0.2) is 11.4 Å². The number of ether oxygens (including phenoxy) is 1. The fourth-order valence-corrected chi connectivity index (χ4v) is 1.81. The third-order valence-corrected chi connectivity index (χ3v) is 2.79.